The van der Waals surface area contributed by atoms with Gasteiger partial charge in [-0.15, -0.1) is 0 Å². The van der Waals surface area contributed by atoms with Crippen molar-refractivity contribution < 1.29 is 27.6 Å². The fourth-order valence-electron chi connectivity index (χ4n) is 5.74. The van der Waals surface area contributed by atoms with Crippen molar-refractivity contribution in [3.05, 3.63) is 64.5 Å². The third-order valence-electron chi connectivity index (χ3n) is 6.93. The van der Waals surface area contributed by atoms with E-state index in [-0.39, 0.29) is 47.4 Å². The van der Waals surface area contributed by atoms with Crippen molar-refractivity contribution >= 4 is 23.4 Å². The van der Waals surface area contributed by atoms with E-state index in [1.54, 1.807) is 18.2 Å². The highest BCUT2D eigenvalue weighted by Crippen LogP contribution is 2.33. The zero-order chi connectivity index (χ0) is 30.0. The van der Waals surface area contributed by atoms with E-state index in [1.807, 2.05) is 27.7 Å². The molecule has 1 atom stereocenters. The Bertz CT molecular complexity index is 1420. The molecule has 9 heteroatoms. The molecule has 3 aliphatic rings. The van der Waals surface area contributed by atoms with Gasteiger partial charge >= 0.3 is 0 Å². The lowest BCUT2D eigenvalue weighted by molar-refractivity contribution is -0.182. The fraction of sp³-hybridized carbons (Fsp3) is 0.483. The molecule has 3 amide bonds. The average Bonchev–Trinajstić information content (AvgIpc) is 3.17. The predicted octanol–water partition coefficient (Wildman–Crippen LogP) is 3.59. The van der Waals surface area contributed by atoms with E-state index in [2.05, 4.69) is 15.5 Å². The first-order chi connectivity index (χ1) is 19.0. The quantitative estimate of drug-likeness (QED) is 0.561. The Morgan fingerprint density at radius 1 is 1.16 bits per heavy atom. The molecule has 202 valence electrons. The molecule has 2 saturated heterocycles. The number of rotatable bonds is 6. The summed E-state index contributed by atoms with van der Waals surface area (Å²) in [5.74, 6) is -2.63. The van der Waals surface area contributed by atoms with Gasteiger partial charge < -0.3 is 15.0 Å². The molecular formula is C29H35FN4O4. The van der Waals surface area contributed by atoms with Gasteiger partial charge in [-0.05, 0) is 57.9 Å². The van der Waals surface area contributed by atoms with Crippen LogP contribution in [0.2, 0.25) is 0 Å². The summed E-state index contributed by atoms with van der Waals surface area (Å²) in [7, 11) is 0. The first-order valence-corrected chi connectivity index (χ1v) is 12.8. The van der Waals surface area contributed by atoms with E-state index in [4.69, 9.17) is 8.85 Å². The van der Waals surface area contributed by atoms with Gasteiger partial charge in [0.2, 0.25) is 11.8 Å². The van der Waals surface area contributed by atoms with E-state index >= 15 is 4.39 Å². The Labute approximate surface area is 226 Å². The van der Waals surface area contributed by atoms with Crippen molar-refractivity contribution in [2.45, 2.75) is 77.3 Å². The zero-order valence-electron chi connectivity index (χ0n) is 25.1. The lowest BCUT2D eigenvalue weighted by Gasteiger charge is -2.47. The van der Waals surface area contributed by atoms with Crippen LogP contribution in [-0.4, -0.2) is 57.8 Å². The molecule has 3 aliphatic heterocycles. The van der Waals surface area contributed by atoms with Gasteiger partial charge in [0.15, 0.2) is 0 Å². The number of carbonyl (C=O) groups is 3. The van der Waals surface area contributed by atoms with E-state index in [0.717, 1.165) is 4.90 Å². The van der Waals surface area contributed by atoms with Crippen LogP contribution in [0, 0.1) is 5.82 Å². The molecule has 0 bridgehead atoms. The number of morpholine rings is 1. The average molecular weight is 526 g/mol. The third-order valence-corrected chi connectivity index (χ3v) is 6.93. The number of hydrogen-bond donors (Lipinski definition) is 2. The molecule has 2 fully saturated rings. The van der Waals surface area contributed by atoms with Crippen molar-refractivity contribution in [2.75, 3.05) is 18.4 Å². The normalized spacial score (nSPS) is 26.3. The minimum atomic E-state index is -2.34. The molecule has 38 heavy (non-hydrogen) atoms. The third kappa shape index (κ3) is 5.44. The number of piperidine rings is 1. The van der Waals surface area contributed by atoms with Gasteiger partial charge in [0.05, 0.1) is 15.3 Å². The van der Waals surface area contributed by atoms with E-state index in [0.29, 0.717) is 30.8 Å². The number of nitrogens with one attached hydrogen (secondary N) is 2. The molecule has 5 rings (SSSR count). The largest absolute Gasteiger partial charge is 0.381 e. The second-order valence-electron chi connectivity index (χ2n) is 11.4. The number of imide groups is 1. The molecule has 0 radical (unpaired) electrons. The Balaban J connectivity index is 1.35. The zero-order valence-corrected chi connectivity index (χ0v) is 22.1. The highest BCUT2D eigenvalue weighted by Gasteiger charge is 2.40. The number of halogens is 1. The summed E-state index contributed by atoms with van der Waals surface area (Å²) in [6.45, 7) is 7.44. The Morgan fingerprint density at radius 2 is 1.89 bits per heavy atom. The number of nitrogens with zero attached hydrogens (tertiary/aromatic N) is 2. The number of benzene rings is 2. The molecular weight excluding hydrogens is 487 g/mol. The Hall–Kier alpha value is -3.30. The number of fused-ring (bicyclic) bond motifs is 1. The van der Waals surface area contributed by atoms with Crippen molar-refractivity contribution in [1.82, 2.24) is 15.1 Å². The Morgan fingerprint density at radius 3 is 2.58 bits per heavy atom. The summed E-state index contributed by atoms with van der Waals surface area (Å²) in [4.78, 5) is 40.6. The summed E-state index contributed by atoms with van der Waals surface area (Å²) in [5.41, 5.74) is 0.674. The van der Waals surface area contributed by atoms with Gasteiger partial charge in [-0.3, -0.25) is 24.6 Å². The van der Waals surface area contributed by atoms with Crippen molar-refractivity contribution in [3.63, 3.8) is 0 Å². The number of anilines is 1. The maximum atomic E-state index is 15.4. The summed E-state index contributed by atoms with van der Waals surface area (Å²) < 4.78 is 47.5. The molecule has 0 saturated carbocycles. The van der Waals surface area contributed by atoms with Gasteiger partial charge in [0, 0.05) is 61.5 Å². The molecule has 8 nitrogen and oxygen atoms in total. The van der Waals surface area contributed by atoms with Gasteiger partial charge in [-0.25, -0.2) is 4.39 Å². The standard InChI is InChI=1S/C29H35FN4O4/c1-28(2)16-33(17-29(3,4)38-28)14-18-8-9-19(22(30)12-18)13-31-23-7-5-6-20-21(23)15-34(27(20)37)24-10-11-25(35)32-26(24)36/h5-9,12,24,31H,10-11,13-17H2,1-4H3,(H,32,35,36)/i13D2,24D. The molecule has 1 unspecified atom stereocenters. The number of ether oxygens (including phenoxy) is 1. The van der Waals surface area contributed by atoms with Crippen LogP contribution in [0.25, 0.3) is 0 Å². The van der Waals surface area contributed by atoms with Crippen molar-refractivity contribution in [3.8, 4) is 0 Å². The van der Waals surface area contributed by atoms with Crippen LogP contribution < -0.4 is 10.6 Å². The SMILES string of the molecule is [2H]C([2H])(Nc1cccc2c1CN(C1([2H])CCC(=O)NC1=O)C2=O)c1ccc(CN2CC(C)(C)OC(C)(C)C2)cc1F. The summed E-state index contributed by atoms with van der Waals surface area (Å²) in [6, 6.07) is 7.19. The summed E-state index contributed by atoms with van der Waals surface area (Å²) in [6.07, 6.45) is -0.211. The number of carbonyl (C=O) groups excluding carboxylic acids is 3. The van der Waals surface area contributed by atoms with E-state index in [9.17, 15) is 14.4 Å². The minimum absolute atomic E-state index is 0.0701. The smallest absolute Gasteiger partial charge is 0.255 e. The molecule has 0 spiro atoms. The molecule has 0 aliphatic carbocycles. The topological polar surface area (TPSA) is 91.0 Å². The molecule has 3 heterocycles. The van der Waals surface area contributed by atoms with Crippen LogP contribution in [-0.2, 0) is 33.9 Å². The summed E-state index contributed by atoms with van der Waals surface area (Å²) in [5, 5.41) is 4.87. The summed E-state index contributed by atoms with van der Waals surface area (Å²) >= 11 is 0. The highest BCUT2D eigenvalue weighted by atomic mass is 19.1. The first-order valence-electron chi connectivity index (χ1n) is 14.3. The first kappa shape index (κ1) is 22.7. The van der Waals surface area contributed by atoms with Crippen LogP contribution in [0.5, 0.6) is 0 Å². The van der Waals surface area contributed by atoms with Gasteiger partial charge in [-0.1, -0.05) is 18.2 Å². The minimum Gasteiger partial charge on any atom is -0.381 e. The highest BCUT2D eigenvalue weighted by molar-refractivity contribution is 6.06. The maximum Gasteiger partial charge on any atom is 0.255 e. The molecule has 2 aromatic carbocycles. The van der Waals surface area contributed by atoms with Crippen molar-refractivity contribution in [1.29, 1.82) is 0 Å². The van der Waals surface area contributed by atoms with Crippen LogP contribution in [0.3, 0.4) is 0 Å². The molecule has 0 aromatic heterocycles. The van der Waals surface area contributed by atoms with E-state index < -0.39 is 36.1 Å². The lowest BCUT2D eigenvalue weighted by atomic mass is 9.98. The van der Waals surface area contributed by atoms with E-state index in [1.165, 1.54) is 18.2 Å². The monoisotopic (exact) mass is 525 g/mol. The second-order valence-corrected chi connectivity index (χ2v) is 11.4. The fourth-order valence-corrected chi connectivity index (χ4v) is 5.74. The van der Waals surface area contributed by atoms with Gasteiger partial charge in [0.1, 0.15) is 11.8 Å². The van der Waals surface area contributed by atoms with Crippen LogP contribution in [0.15, 0.2) is 36.4 Å². The number of hydrogen-bond acceptors (Lipinski definition) is 6. The van der Waals surface area contributed by atoms with Crippen LogP contribution in [0.4, 0.5) is 10.1 Å². The lowest BCUT2D eigenvalue weighted by Crippen LogP contribution is -2.56. The maximum absolute atomic E-state index is 15.4. The van der Waals surface area contributed by atoms with Gasteiger partial charge in [-0.2, -0.15) is 0 Å². The van der Waals surface area contributed by atoms with Gasteiger partial charge in [0.25, 0.3) is 5.91 Å². The Kier molecular flexibility index (Phi) is 5.83. The van der Waals surface area contributed by atoms with Crippen LogP contribution in [0.1, 0.15) is 71.7 Å². The predicted molar refractivity (Wildman–Crippen MR) is 141 cm³/mol. The number of amides is 3. The van der Waals surface area contributed by atoms with Crippen molar-refractivity contribution in [2.24, 2.45) is 0 Å². The van der Waals surface area contributed by atoms with Crippen LogP contribution >= 0.6 is 0 Å². The molecule has 2 aromatic rings. The second kappa shape index (κ2) is 9.78. The molecule has 2 N–H and O–H groups in total.